The monoisotopic (exact) mass is 351 g/mol. The van der Waals surface area contributed by atoms with Gasteiger partial charge in [-0.1, -0.05) is 97.9 Å². The molecule has 0 bridgehead atoms. The Labute approximate surface area is 161 Å². The Kier molecular flexibility index (Phi) is 4.93. The first-order valence-corrected chi connectivity index (χ1v) is 9.70. The van der Waals surface area contributed by atoms with Crippen LogP contribution in [-0.4, -0.2) is 4.57 Å². The van der Waals surface area contributed by atoms with Crippen molar-refractivity contribution < 1.29 is 0 Å². The molecule has 0 saturated carbocycles. The van der Waals surface area contributed by atoms with E-state index in [1.165, 1.54) is 39.2 Å². The van der Waals surface area contributed by atoms with Crippen LogP contribution >= 0.6 is 0 Å². The highest BCUT2D eigenvalue weighted by Crippen LogP contribution is 2.42. The predicted octanol–water partition coefficient (Wildman–Crippen LogP) is 7.21. The van der Waals surface area contributed by atoms with Crippen molar-refractivity contribution in [3.63, 3.8) is 0 Å². The second-order valence-electron chi connectivity index (χ2n) is 6.95. The summed E-state index contributed by atoms with van der Waals surface area (Å²) in [7, 11) is 0. The molecular weight excluding hydrogens is 326 g/mol. The highest BCUT2D eigenvalue weighted by Gasteiger charge is 2.22. The Bertz CT molecular complexity index is 1010. The van der Waals surface area contributed by atoms with E-state index in [2.05, 4.69) is 109 Å². The predicted molar refractivity (Wildman–Crippen MR) is 116 cm³/mol. The van der Waals surface area contributed by atoms with Gasteiger partial charge in [-0.25, -0.2) is 0 Å². The van der Waals surface area contributed by atoms with Crippen LogP contribution in [0.15, 0.2) is 91.0 Å². The highest BCUT2D eigenvalue weighted by atomic mass is 15.0. The molecule has 4 rings (SSSR count). The molecule has 0 amide bonds. The van der Waals surface area contributed by atoms with E-state index in [0.717, 1.165) is 13.0 Å². The minimum Gasteiger partial charge on any atom is -0.340 e. The number of hydrogen-bond donors (Lipinski definition) is 0. The first-order chi connectivity index (χ1) is 13.3. The van der Waals surface area contributed by atoms with Gasteiger partial charge in [0.05, 0.1) is 11.4 Å². The maximum Gasteiger partial charge on any atom is 0.0567 e. The van der Waals surface area contributed by atoms with Crippen LogP contribution in [0.4, 0.5) is 0 Å². The van der Waals surface area contributed by atoms with Gasteiger partial charge in [0.25, 0.3) is 0 Å². The Balaban J connectivity index is 2.09. The third-order valence-electron chi connectivity index (χ3n) is 5.11. The maximum atomic E-state index is 2.52. The van der Waals surface area contributed by atoms with Crippen LogP contribution < -0.4 is 0 Å². The van der Waals surface area contributed by atoms with E-state index in [1.807, 2.05) is 0 Å². The second-order valence-corrected chi connectivity index (χ2v) is 6.95. The summed E-state index contributed by atoms with van der Waals surface area (Å²) in [6, 6.07) is 32.4. The number of rotatable bonds is 5. The fourth-order valence-corrected chi connectivity index (χ4v) is 4.02. The van der Waals surface area contributed by atoms with Gasteiger partial charge in [0.15, 0.2) is 0 Å². The van der Waals surface area contributed by atoms with Gasteiger partial charge < -0.3 is 4.57 Å². The van der Waals surface area contributed by atoms with Crippen LogP contribution in [-0.2, 0) is 6.54 Å². The van der Waals surface area contributed by atoms with E-state index in [1.54, 1.807) is 0 Å². The molecule has 1 heterocycles. The Morgan fingerprint density at radius 1 is 0.593 bits per heavy atom. The summed E-state index contributed by atoms with van der Waals surface area (Å²) < 4.78 is 2.52. The summed E-state index contributed by atoms with van der Waals surface area (Å²) in [4.78, 5) is 0. The lowest BCUT2D eigenvalue weighted by Crippen LogP contribution is -2.02. The zero-order valence-electron chi connectivity index (χ0n) is 16.0. The van der Waals surface area contributed by atoms with Gasteiger partial charge in [-0.05, 0) is 35.6 Å². The van der Waals surface area contributed by atoms with Crippen LogP contribution in [0.5, 0.6) is 0 Å². The molecule has 0 fully saturated rings. The average Bonchev–Trinajstić information content (AvgIpc) is 3.02. The molecule has 1 nitrogen and oxygen atoms in total. The number of aromatic nitrogens is 1. The van der Waals surface area contributed by atoms with Crippen LogP contribution in [0.25, 0.3) is 33.6 Å². The molecular formula is C26H25N. The third kappa shape index (κ3) is 3.21. The lowest BCUT2D eigenvalue weighted by Gasteiger charge is -2.14. The lowest BCUT2D eigenvalue weighted by atomic mass is 9.96. The van der Waals surface area contributed by atoms with E-state index in [-0.39, 0.29) is 0 Å². The molecule has 0 saturated heterocycles. The van der Waals surface area contributed by atoms with Crippen LogP contribution in [0.3, 0.4) is 0 Å². The normalized spacial score (nSPS) is 10.9. The van der Waals surface area contributed by atoms with Crippen molar-refractivity contribution in [2.45, 2.75) is 26.8 Å². The van der Waals surface area contributed by atoms with E-state index in [4.69, 9.17) is 0 Å². The van der Waals surface area contributed by atoms with E-state index in [0.29, 0.717) is 0 Å². The van der Waals surface area contributed by atoms with Gasteiger partial charge in [-0.15, -0.1) is 0 Å². The van der Waals surface area contributed by atoms with Crippen molar-refractivity contribution in [2.24, 2.45) is 0 Å². The maximum absolute atomic E-state index is 2.52. The molecule has 0 N–H and O–H groups in total. The fraction of sp³-hybridized carbons (Fsp3) is 0.154. The smallest absolute Gasteiger partial charge is 0.0567 e. The fourth-order valence-electron chi connectivity index (χ4n) is 4.02. The molecule has 0 radical (unpaired) electrons. The zero-order valence-corrected chi connectivity index (χ0v) is 16.0. The molecule has 0 unspecified atom stereocenters. The van der Waals surface area contributed by atoms with E-state index in [9.17, 15) is 0 Å². The van der Waals surface area contributed by atoms with Crippen LogP contribution in [0.2, 0.25) is 0 Å². The Hall–Kier alpha value is -3.06. The van der Waals surface area contributed by atoms with Crippen molar-refractivity contribution >= 4 is 0 Å². The summed E-state index contributed by atoms with van der Waals surface area (Å²) in [5.74, 6) is 0. The van der Waals surface area contributed by atoms with Gasteiger partial charge >= 0.3 is 0 Å². The number of benzene rings is 3. The van der Waals surface area contributed by atoms with Crippen molar-refractivity contribution in [1.82, 2.24) is 4.57 Å². The quantitative estimate of drug-likeness (QED) is 0.358. The van der Waals surface area contributed by atoms with Gasteiger partial charge in [0.1, 0.15) is 0 Å². The minimum absolute atomic E-state index is 1.00. The van der Waals surface area contributed by atoms with Gasteiger partial charge in [0.2, 0.25) is 0 Å². The summed E-state index contributed by atoms with van der Waals surface area (Å²) in [6.45, 7) is 5.52. The second kappa shape index (κ2) is 7.67. The van der Waals surface area contributed by atoms with Gasteiger partial charge in [-0.3, -0.25) is 0 Å². The SMILES string of the molecule is CCCn1c(-c2ccccc2)c(C)c(-c2ccccc2)c1-c1ccccc1. The zero-order chi connectivity index (χ0) is 18.6. The molecule has 3 aromatic carbocycles. The molecule has 0 spiro atoms. The first-order valence-electron chi connectivity index (χ1n) is 9.70. The van der Waals surface area contributed by atoms with Crippen LogP contribution in [0.1, 0.15) is 18.9 Å². The molecule has 27 heavy (non-hydrogen) atoms. The largest absolute Gasteiger partial charge is 0.340 e. The summed E-state index contributed by atoms with van der Waals surface area (Å²) in [6.07, 6.45) is 1.10. The minimum atomic E-state index is 1.00. The van der Waals surface area contributed by atoms with E-state index >= 15 is 0 Å². The van der Waals surface area contributed by atoms with Crippen molar-refractivity contribution in [2.75, 3.05) is 0 Å². The molecule has 0 atom stereocenters. The average molecular weight is 351 g/mol. The summed E-state index contributed by atoms with van der Waals surface area (Å²) >= 11 is 0. The molecule has 0 aliphatic carbocycles. The molecule has 0 aliphatic rings. The molecule has 134 valence electrons. The number of nitrogens with zero attached hydrogens (tertiary/aromatic N) is 1. The molecule has 0 aliphatic heterocycles. The molecule has 1 heteroatoms. The molecule has 4 aromatic rings. The van der Waals surface area contributed by atoms with Crippen molar-refractivity contribution in [3.05, 3.63) is 96.6 Å². The summed E-state index contributed by atoms with van der Waals surface area (Å²) in [5, 5.41) is 0. The summed E-state index contributed by atoms with van der Waals surface area (Å²) in [5.41, 5.74) is 9.17. The third-order valence-corrected chi connectivity index (χ3v) is 5.11. The standard InChI is InChI=1S/C26H25N/c1-3-19-27-25(22-15-9-5-10-16-22)20(2)24(21-13-7-4-8-14-21)26(27)23-17-11-6-12-18-23/h4-18H,3,19H2,1-2H3. The lowest BCUT2D eigenvalue weighted by molar-refractivity contribution is 0.695. The Morgan fingerprint density at radius 2 is 1.04 bits per heavy atom. The van der Waals surface area contributed by atoms with Crippen molar-refractivity contribution in [1.29, 1.82) is 0 Å². The van der Waals surface area contributed by atoms with Crippen LogP contribution in [0, 0.1) is 6.92 Å². The first kappa shape index (κ1) is 17.4. The van der Waals surface area contributed by atoms with E-state index < -0.39 is 0 Å². The highest BCUT2D eigenvalue weighted by molar-refractivity contribution is 5.90. The number of hydrogen-bond acceptors (Lipinski definition) is 0. The molecule has 1 aromatic heterocycles. The van der Waals surface area contributed by atoms with Gasteiger partial charge in [0, 0.05) is 12.1 Å². The Morgan fingerprint density at radius 3 is 1.52 bits per heavy atom. The van der Waals surface area contributed by atoms with Gasteiger partial charge in [-0.2, -0.15) is 0 Å². The van der Waals surface area contributed by atoms with Crippen molar-refractivity contribution in [3.8, 4) is 33.6 Å². The topological polar surface area (TPSA) is 4.93 Å².